The second kappa shape index (κ2) is 9.22. The molecule has 0 unspecified atom stereocenters. The van der Waals surface area contributed by atoms with E-state index in [0.29, 0.717) is 18.0 Å². The highest BCUT2D eigenvalue weighted by Gasteiger charge is 2.48. The molecule has 3 aliphatic heterocycles. The van der Waals surface area contributed by atoms with Crippen LogP contribution in [0, 0.1) is 6.92 Å². The number of nitrogens with zero attached hydrogens (tertiary/aromatic N) is 5. The summed E-state index contributed by atoms with van der Waals surface area (Å²) < 4.78 is 30.6. The zero-order valence-corrected chi connectivity index (χ0v) is 21.7. The van der Waals surface area contributed by atoms with Gasteiger partial charge in [-0.1, -0.05) is 43.9 Å². The molecule has 1 spiro atoms. The minimum Gasteiger partial charge on any atom is -0.321 e. The summed E-state index contributed by atoms with van der Waals surface area (Å²) in [5.74, 6) is 1.67. The number of aliphatic imine (C=N–C) groups is 1. The van der Waals surface area contributed by atoms with E-state index in [2.05, 4.69) is 11.8 Å². The number of aryl methyl sites for hydroxylation is 1. The standard InChI is InChI=1S/C26H31N5O2S.ClH/c1-20-24-25(31(28-20)21-11-5-2-6-12-21)27-23-14-13-22(34(32,33)29-17-9-4-10-18-29)19-30(23)26(24)15-7-3-8-16-26;/h2,5-6,11-14,19H,3-4,7-10,15-18H2,1H3;1H. The van der Waals surface area contributed by atoms with Crippen LogP contribution in [-0.2, 0) is 15.6 Å². The molecule has 0 radical (unpaired) electrons. The van der Waals surface area contributed by atoms with Crippen LogP contribution in [0.3, 0.4) is 0 Å². The van der Waals surface area contributed by atoms with Crippen molar-refractivity contribution in [3.05, 3.63) is 64.8 Å². The molecule has 1 saturated carbocycles. The molecule has 1 aliphatic carbocycles. The summed E-state index contributed by atoms with van der Waals surface area (Å²) in [5, 5.41) is 4.92. The SMILES string of the molecule is Cc1nn(-c2ccccc2)c2c1C1(CCCCC1)N1C=C(S(=O)(=O)N3CCCCC3)C=CC1=N2.Cl. The zero-order valence-electron chi connectivity index (χ0n) is 20.1. The number of aromatic nitrogens is 2. The predicted octanol–water partition coefficient (Wildman–Crippen LogP) is 5.33. The van der Waals surface area contributed by atoms with Crippen LogP contribution < -0.4 is 0 Å². The van der Waals surface area contributed by atoms with Crippen molar-refractivity contribution in [2.45, 2.75) is 63.8 Å². The summed E-state index contributed by atoms with van der Waals surface area (Å²) in [6.07, 6.45) is 13.7. The van der Waals surface area contributed by atoms with Crippen molar-refractivity contribution in [1.29, 1.82) is 0 Å². The fourth-order valence-electron chi connectivity index (χ4n) is 6.08. The maximum Gasteiger partial charge on any atom is 0.244 e. The molecule has 2 aromatic rings. The van der Waals surface area contributed by atoms with Gasteiger partial charge in [-0.2, -0.15) is 9.40 Å². The second-order valence-corrected chi connectivity index (χ2v) is 11.7. The largest absolute Gasteiger partial charge is 0.321 e. The van der Waals surface area contributed by atoms with Crippen molar-refractivity contribution in [2.75, 3.05) is 13.1 Å². The van der Waals surface area contributed by atoms with Gasteiger partial charge in [-0.05, 0) is 56.9 Å². The first-order valence-corrected chi connectivity index (χ1v) is 13.9. The van der Waals surface area contributed by atoms with Crippen molar-refractivity contribution in [3.63, 3.8) is 0 Å². The lowest BCUT2D eigenvalue weighted by molar-refractivity contribution is 0.154. The number of hydrogen-bond acceptors (Lipinski definition) is 5. The summed E-state index contributed by atoms with van der Waals surface area (Å²) in [5.41, 5.74) is 2.77. The van der Waals surface area contributed by atoms with E-state index >= 15 is 0 Å². The third-order valence-corrected chi connectivity index (χ3v) is 9.60. The molecule has 7 nitrogen and oxygen atoms in total. The fraction of sp³-hybridized carbons (Fsp3) is 0.462. The molecule has 4 aliphatic rings. The van der Waals surface area contributed by atoms with Gasteiger partial charge in [0.1, 0.15) is 5.84 Å². The fourth-order valence-corrected chi connectivity index (χ4v) is 7.60. The van der Waals surface area contributed by atoms with E-state index in [1.807, 2.05) is 47.3 Å². The van der Waals surface area contributed by atoms with Gasteiger partial charge in [0.15, 0.2) is 5.82 Å². The first-order valence-electron chi connectivity index (χ1n) is 12.4. The Kier molecular flexibility index (Phi) is 6.40. The van der Waals surface area contributed by atoms with Crippen LogP contribution in [0.1, 0.15) is 62.6 Å². The molecular weight excluding hydrogens is 482 g/mol. The highest BCUT2D eigenvalue weighted by atomic mass is 35.5. The van der Waals surface area contributed by atoms with Gasteiger partial charge in [-0.15, -0.1) is 12.4 Å². The van der Waals surface area contributed by atoms with Crippen molar-refractivity contribution in [1.82, 2.24) is 19.0 Å². The highest BCUT2D eigenvalue weighted by molar-refractivity contribution is 7.93. The molecule has 4 heterocycles. The molecule has 1 aromatic carbocycles. The molecular formula is C26H32ClN5O2S. The smallest absolute Gasteiger partial charge is 0.244 e. The minimum atomic E-state index is -3.53. The van der Waals surface area contributed by atoms with E-state index in [4.69, 9.17) is 10.1 Å². The number of sulfonamides is 1. The molecule has 35 heavy (non-hydrogen) atoms. The van der Waals surface area contributed by atoms with E-state index in [0.717, 1.165) is 73.5 Å². The molecule has 0 amide bonds. The van der Waals surface area contributed by atoms with Crippen LogP contribution in [0.15, 0.2) is 58.6 Å². The Labute approximate surface area is 213 Å². The topological polar surface area (TPSA) is 70.8 Å². The van der Waals surface area contributed by atoms with Gasteiger partial charge in [0.25, 0.3) is 0 Å². The Hall–Kier alpha value is -2.42. The molecule has 186 valence electrons. The first kappa shape index (κ1) is 24.3. The summed E-state index contributed by atoms with van der Waals surface area (Å²) in [6, 6.07) is 10.1. The quantitative estimate of drug-likeness (QED) is 0.555. The zero-order chi connectivity index (χ0) is 23.3. The van der Waals surface area contributed by atoms with Crippen molar-refractivity contribution < 1.29 is 8.42 Å². The Morgan fingerprint density at radius 3 is 2.31 bits per heavy atom. The van der Waals surface area contributed by atoms with Crippen molar-refractivity contribution in [2.24, 2.45) is 4.99 Å². The normalized spacial score (nSPS) is 21.6. The van der Waals surface area contributed by atoms with Crippen LogP contribution >= 0.6 is 12.4 Å². The molecule has 0 atom stereocenters. The number of hydrogen-bond donors (Lipinski definition) is 0. The number of piperidine rings is 1. The van der Waals surface area contributed by atoms with Crippen molar-refractivity contribution in [3.8, 4) is 5.69 Å². The van der Waals surface area contributed by atoms with Crippen molar-refractivity contribution >= 4 is 34.1 Å². The van der Waals surface area contributed by atoms with E-state index in [1.54, 1.807) is 10.4 Å². The van der Waals surface area contributed by atoms with Crippen LogP contribution in [0.5, 0.6) is 0 Å². The summed E-state index contributed by atoms with van der Waals surface area (Å²) >= 11 is 0. The first-order chi connectivity index (χ1) is 16.5. The molecule has 9 heteroatoms. The van der Waals surface area contributed by atoms with E-state index < -0.39 is 10.0 Å². The summed E-state index contributed by atoms with van der Waals surface area (Å²) in [7, 11) is -3.53. The molecule has 2 fully saturated rings. The Morgan fingerprint density at radius 2 is 1.60 bits per heavy atom. The molecule has 0 N–H and O–H groups in total. The van der Waals surface area contributed by atoms with Crippen LogP contribution in [-0.4, -0.2) is 46.3 Å². The van der Waals surface area contributed by atoms with Gasteiger partial charge in [-0.25, -0.2) is 18.1 Å². The van der Waals surface area contributed by atoms with Crippen LogP contribution in [0.4, 0.5) is 5.82 Å². The van der Waals surface area contributed by atoms with E-state index in [-0.39, 0.29) is 17.9 Å². The average Bonchev–Trinajstić information content (AvgIpc) is 3.22. The van der Waals surface area contributed by atoms with Gasteiger partial charge in [0.2, 0.25) is 10.0 Å². The maximum absolute atomic E-state index is 13.5. The number of fused-ring (bicyclic) bond motifs is 4. The number of halogens is 1. The van der Waals surface area contributed by atoms with Gasteiger partial charge in [0.05, 0.1) is 21.8 Å². The third-order valence-electron chi connectivity index (χ3n) is 7.72. The third kappa shape index (κ3) is 3.86. The van der Waals surface area contributed by atoms with Crippen LogP contribution in [0.25, 0.3) is 5.69 Å². The number of rotatable bonds is 3. The van der Waals surface area contributed by atoms with Gasteiger partial charge >= 0.3 is 0 Å². The summed E-state index contributed by atoms with van der Waals surface area (Å²) in [6.45, 7) is 3.27. The molecule has 1 saturated heterocycles. The molecule has 0 bridgehead atoms. The van der Waals surface area contributed by atoms with E-state index in [1.165, 1.54) is 6.42 Å². The lowest BCUT2D eigenvalue weighted by Gasteiger charge is -2.49. The van der Waals surface area contributed by atoms with E-state index in [9.17, 15) is 8.42 Å². The van der Waals surface area contributed by atoms with Crippen LogP contribution in [0.2, 0.25) is 0 Å². The Bertz CT molecular complexity index is 1300. The molecule has 6 rings (SSSR count). The number of allylic oxidation sites excluding steroid dienone is 1. The molecule has 1 aromatic heterocycles. The summed E-state index contributed by atoms with van der Waals surface area (Å²) in [4.78, 5) is 7.58. The lowest BCUT2D eigenvalue weighted by atomic mass is 9.74. The number of para-hydroxylation sites is 1. The minimum absolute atomic E-state index is 0. The number of amidine groups is 1. The predicted molar refractivity (Wildman–Crippen MR) is 141 cm³/mol. The maximum atomic E-state index is 13.5. The average molecular weight is 514 g/mol. The lowest BCUT2D eigenvalue weighted by Crippen LogP contribution is -2.50. The monoisotopic (exact) mass is 513 g/mol. The highest BCUT2D eigenvalue weighted by Crippen LogP contribution is 2.51. The second-order valence-electron chi connectivity index (χ2n) is 9.79. The number of benzene rings is 1. The van der Waals surface area contributed by atoms with Gasteiger partial charge in [-0.3, -0.25) is 0 Å². The Balaban J connectivity index is 0.00000253. The Morgan fingerprint density at radius 1 is 0.914 bits per heavy atom. The van der Waals surface area contributed by atoms with Gasteiger partial charge < -0.3 is 4.90 Å². The van der Waals surface area contributed by atoms with Gasteiger partial charge in [0, 0.05) is 24.9 Å².